The molecule has 0 bridgehead atoms. The summed E-state index contributed by atoms with van der Waals surface area (Å²) in [6.45, 7) is 4.17. The molecule has 13 heavy (non-hydrogen) atoms. The van der Waals surface area contributed by atoms with E-state index in [1.807, 2.05) is 5.38 Å². The molecule has 0 spiro atoms. The molecule has 1 atom stereocenters. The maximum Gasteiger partial charge on any atom is 0.184 e. The summed E-state index contributed by atoms with van der Waals surface area (Å²) in [6, 6.07) is 0.0537. The molecule has 0 aromatic carbocycles. The third kappa shape index (κ3) is 3.02. The van der Waals surface area contributed by atoms with Gasteiger partial charge < -0.3 is 5.32 Å². The molecular weight excluding hydrogens is 248 g/mol. The van der Waals surface area contributed by atoms with Gasteiger partial charge in [-0.2, -0.15) is 0 Å². The quantitative estimate of drug-likeness (QED) is 0.844. The molecule has 0 aliphatic heterocycles. The maximum absolute atomic E-state index is 5.38. The summed E-state index contributed by atoms with van der Waals surface area (Å²) < 4.78 is 0.847. The van der Waals surface area contributed by atoms with E-state index in [2.05, 4.69) is 46.0 Å². The van der Waals surface area contributed by atoms with Gasteiger partial charge in [-0.3, -0.25) is 0 Å². The van der Waals surface area contributed by atoms with Crippen LogP contribution >= 0.6 is 27.3 Å². The molecule has 0 aliphatic carbocycles. The monoisotopic (exact) mass is 258 g/mol. The van der Waals surface area contributed by atoms with Crippen LogP contribution in [0.25, 0.3) is 0 Å². The molecule has 1 N–H and O–H groups in total. The molecule has 0 saturated carbocycles. The topological polar surface area (TPSA) is 24.9 Å². The zero-order valence-corrected chi connectivity index (χ0v) is 9.95. The molecule has 1 aromatic heterocycles. The molecule has 0 amide bonds. The summed E-state index contributed by atoms with van der Waals surface area (Å²) in [6.07, 6.45) is 5.38. The van der Waals surface area contributed by atoms with Gasteiger partial charge in [-0.05, 0) is 21.8 Å². The number of hydrogen-bond donors (Lipinski definition) is 1. The molecule has 4 heteroatoms. The zero-order chi connectivity index (χ0) is 9.84. The highest BCUT2D eigenvalue weighted by Gasteiger charge is 2.10. The van der Waals surface area contributed by atoms with Gasteiger partial charge >= 0.3 is 0 Å². The lowest BCUT2D eigenvalue weighted by Crippen LogP contribution is -2.23. The normalized spacial score (nSPS) is 12.5. The zero-order valence-electron chi connectivity index (χ0n) is 7.54. The molecular formula is C9H11BrN2S. The van der Waals surface area contributed by atoms with E-state index in [0.717, 1.165) is 9.73 Å². The Balaban J connectivity index is 2.63. The third-order valence-electron chi connectivity index (χ3n) is 1.60. The molecule has 0 fully saturated rings. The summed E-state index contributed by atoms with van der Waals surface area (Å²) in [5.74, 6) is 3.11. The number of halogens is 1. The number of hydrogen-bond acceptors (Lipinski definition) is 3. The van der Waals surface area contributed by atoms with Crippen LogP contribution in [0.2, 0.25) is 0 Å². The molecule has 2 nitrogen and oxygen atoms in total. The van der Waals surface area contributed by atoms with Gasteiger partial charge in [0.2, 0.25) is 0 Å². The van der Waals surface area contributed by atoms with Crippen molar-refractivity contribution in [3.63, 3.8) is 0 Å². The van der Waals surface area contributed by atoms with Crippen LogP contribution in [0.4, 0.5) is 5.13 Å². The maximum atomic E-state index is 5.38. The van der Waals surface area contributed by atoms with Crippen molar-refractivity contribution in [2.45, 2.75) is 19.9 Å². The first-order valence-corrected chi connectivity index (χ1v) is 5.64. The number of nitrogens with zero attached hydrogens (tertiary/aromatic N) is 1. The number of terminal acetylenes is 1. The first-order chi connectivity index (χ1) is 6.13. The van der Waals surface area contributed by atoms with E-state index in [9.17, 15) is 0 Å². The standard InChI is InChI=1S/C9H11BrN2S/c1-4-7(6(2)3)11-9-12-8(10)5-13-9/h1,5-7H,2-3H3,(H,11,12). The van der Waals surface area contributed by atoms with E-state index >= 15 is 0 Å². The molecule has 1 unspecified atom stereocenters. The van der Waals surface area contributed by atoms with Crippen LogP contribution in [0, 0.1) is 18.3 Å². The van der Waals surface area contributed by atoms with E-state index in [1.54, 1.807) is 11.3 Å². The van der Waals surface area contributed by atoms with E-state index < -0.39 is 0 Å². The number of aromatic nitrogens is 1. The van der Waals surface area contributed by atoms with E-state index in [0.29, 0.717) is 5.92 Å². The Labute approximate surface area is 90.9 Å². The minimum absolute atomic E-state index is 0.0537. The second-order valence-electron chi connectivity index (χ2n) is 3.01. The minimum Gasteiger partial charge on any atom is -0.348 e. The lowest BCUT2D eigenvalue weighted by Gasteiger charge is -2.15. The molecule has 70 valence electrons. The Morgan fingerprint density at radius 3 is 2.77 bits per heavy atom. The van der Waals surface area contributed by atoms with Crippen molar-refractivity contribution in [2.24, 2.45) is 5.92 Å². The van der Waals surface area contributed by atoms with Gasteiger partial charge in [0.15, 0.2) is 5.13 Å². The van der Waals surface area contributed by atoms with Gasteiger partial charge in [-0.15, -0.1) is 17.8 Å². The third-order valence-corrected chi connectivity index (χ3v) is 3.08. The predicted octanol–water partition coefficient (Wildman–Crippen LogP) is 2.98. The number of rotatable bonds is 3. The smallest absolute Gasteiger partial charge is 0.184 e. The van der Waals surface area contributed by atoms with Gasteiger partial charge in [0, 0.05) is 5.38 Å². The Morgan fingerprint density at radius 2 is 2.38 bits per heavy atom. The highest BCUT2D eigenvalue weighted by Crippen LogP contribution is 2.21. The van der Waals surface area contributed by atoms with Crippen molar-refractivity contribution in [2.75, 3.05) is 5.32 Å². The fraction of sp³-hybridized carbons (Fsp3) is 0.444. The molecule has 1 heterocycles. The van der Waals surface area contributed by atoms with Crippen molar-refractivity contribution >= 4 is 32.4 Å². The molecule has 0 aliphatic rings. The van der Waals surface area contributed by atoms with Crippen molar-refractivity contribution in [1.29, 1.82) is 0 Å². The average Bonchev–Trinajstić information content (AvgIpc) is 2.46. The van der Waals surface area contributed by atoms with Gasteiger partial charge in [0.05, 0.1) is 6.04 Å². The van der Waals surface area contributed by atoms with Gasteiger partial charge in [-0.25, -0.2) is 4.98 Å². The largest absolute Gasteiger partial charge is 0.348 e. The fourth-order valence-electron chi connectivity index (χ4n) is 0.854. The van der Waals surface area contributed by atoms with Crippen LogP contribution in [0.1, 0.15) is 13.8 Å². The minimum atomic E-state index is 0.0537. The van der Waals surface area contributed by atoms with Crippen molar-refractivity contribution in [3.05, 3.63) is 9.98 Å². The van der Waals surface area contributed by atoms with Crippen LogP contribution in [0.5, 0.6) is 0 Å². The van der Waals surface area contributed by atoms with Crippen LogP contribution in [-0.2, 0) is 0 Å². The van der Waals surface area contributed by atoms with Gasteiger partial charge in [-0.1, -0.05) is 19.8 Å². The Hall–Kier alpha value is -0.530. The lowest BCUT2D eigenvalue weighted by atomic mass is 10.1. The Morgan fingerprint density at radius 1 is 1.69 bits per heavy atom. The SMILES string of the molecule is C#CC(Nc1nc(Br)cs1)C(C)C. The summed E-state index contributed by atoms with van der Waals surface area (Å²) in [7, 11) is 0. The molecule has 1 aromatic rings. The van der Waals surface area contributed by atoms with Gasteiger partial charge in [0.1, 0.15) is 4.60 Å². The predicted molar refractivity (Wildman–Crippen MR) is 60.9 cm³/mol. The van der Waals surface area contributed by atoms with Gasteiger partial charge in [0.25, 0.3) is 0 Å². The molecule has 1 rings (SSSR count). The first-order valence-electron chi connectivity index (χ1n) is 3.97. The summed E-state index contributed by atoms with van der Waals surface area (Å²) >= 11 is 4.83. The number of anilines is 1. The first kappa shape index (κ1) is 10.6. The number of nitrogens with one attached hydrogen (secondary N) is 1. The van der Waals surface area contributed by atoms with Crippen LogP contribution in [0.3, 0.4) is 0 Å². The van der Waals surface area contributed by atoms with E-state index in [-0.39, 0.29) is 6.04 Å². The Bertz CT molecular complexity index is 314. The van der Waals surface area contributed by atoms with Crippen LogP contribution < -0.4 is 5.32 Å². The van der Waals surface area contributed by atoms with E-state index in [1.165, 1.54) is 0 Å². The van der Waals surface area contributed by atoms with Crippen molar-refractivity contribution < 1.29 is 0 Å². The van der Waals surface area contributed by atoms with Crippen molar-refractivity contribution in [1.82, 2.24) is 4.98 Å². The summed E-state index contributed by atoms with van der Waals surface area (Å²) in [5, 5.41) is 5.98. The molecule has 0 radical (unpaired) electrons. The number of thiazole rings is 1. The highest BCUT2D eigenvalue weighted by molar-refractivity contribution is 9.10. The fourth-order valence-corrected chi connectivity index (χ4v) is 2.04. The Kier molecular flexibility index (Phi) is 3.76. The highest BCUT2D eigenvalue weighted by atomic mass is 79.9. The van der Waals surface area contributed by atoms with Crippen LogP contribution in [-0.4, -0.2) is 11.0 Å². The second kappa shape index (κ2) is 4.64. The summed E-state index contributed by atoms with van der Waals surface area (Å²) in [5.41, 5.74) is 0. The van der Waals surface area contributed by atoms with E-state index in [4.69, 9.17) is 6.42 Å². The second-order valence-corrected chi connectivity index (χ2v) is 4.68. The summed E-state index contributed by atoms with van der Waals surface area (Å²) in [4.78, 5) is 4.21. The lowest BCUT2D eigenvalue weighted by molar-refractivity contribution is 0.614. The van der Waals surface area contributed by atoms with Crippen LogP contribution in [0.15, 0.2) is 9.98 Å². The van der Waals surface area contributed by atoms with Crippen molar-refractivity contribution in [3.8, 4) is 12.3 Å². The molecule has 0 saturated heterocycles. The average molecular weight is 259 g/mol.